The second kappa shape index (κ2) is 5.48. The van der Waals surface area contributed by atoms with Gasteiger partial charge in [-0.3, -0.25) is 4.79 Å². The summed E-state index contributed by atoms with van der Waals surface area (Å²) in [5.41, 5.74) is -1.01. The lowest BCUT2D eigenvalue weighted by atomic mass is 9.93. The Morgan fingerprint density at radius 3 is 2.47 bits per heavy atom. The molecule has 0 aromatic carbocycles. The maximum absolute atomic E-state index is 12.8. The number of carboxylic acid groups (broad SMARTS) is 1. The number of aldehydes is 1. The zero-order valence-electron chi connectivity index (χ0n) is 9.90. The van der Waals surface area contributed by atoms with Crippen molar-refractivity contribution in [3.05, 3.63) is 22.6 Å². The first-order valence-electron chi connectivity index (χ1n) is 5.77. The third-order valence-corrected chi connectivity index (χ3v) is 3.12. The Kier molecular flexibility index (Phi) is 3.94. The molecule has 0 amide bonds. The van der Waals surface area contributed by atoms with Crippen molar-refractivity contribution < 1.29 is 32.6 Å². The summed E-state index contributed by atoms with van der Waals surface area (Å²) in [4.78, 5) is 22.1. The average molecular weight is 274 g/mol. The van der Waals surface area contributed by atoms with Gasteiger partial charge in [-0.2, -0.15) is 0 Å². The van der Waals surface area contributed by atoms with Gasteiger partial charge in [-0.15, -0.1) is 0 Å². The Morgan fingerprint density at radius 2 is 2.00 bits per heavy atom. The van der Waals surface area contributed by atoms with Crippen LogP contribution in [0.3, 0.4) is 0 Å². The van der Waals surface area contributed by atoms with Crippen LogP contribution < -0.4 is 0 Å². The predicted octanol–water partition coefficient (Wildman–Crippen LogP) is 2.62. The van der Waals surface area contributed by atoms with E-state index in [4.69, 9.17) is 14.3 Å². The molecule has 5 nitrogen and oxygen atoms in total. The quantitative estimate of drug-likeness (QED) is 0.854. The molecule has 104 valence electrons. The molecule has 0 saturated carbocycles. The van der Waals surface area contributed by atoms with Crippen molar-refractivity contribution in [3.63, 3.8) is 0 Å². The third kappa shape index (κ3) is 2.51. The second-order valence-corrected chi connectivity index (χ2v) is 4.23. The standard InChI is InChI=1S/C12H12F2O5/c13-11(14)10-7(5-15)8(12(16)17)9(19-10)6-1-3-18-4-2-6/h5-6,11H,1-4H2,(H,16,17). The fourth-order valence-electron chi connectivity index (χ4n) is 2.23. The number of halogens is 2. The van der Waals surface area contributed by atoms with Crippen LogP contribution in [0.4, 0.5) is 8.78 Å². The van der Waals surface area contributed by atoms with Gasteiger partial charge in [-0.1, -0.05) is 0 Å². The number of carbonyl (C=O) groups is 2. The lowest BCUT2D eigenvalue weighted by Gasteiger charge is -2.20. The minimum atomic E-state index is -3.02. The molecular weight excluding hydrogens is 262 g/mol. The maximum atomic E-state index is 12.8. The van der Waals surface area contributed by atoms with E-state index in [1.807, 2.05) is 0 Å². The molecule has 0 unspecified atom stereocenters. The Labute approximate surface area is 107 Å². The summed E-state index contributed by atoms with van der Waals surface area (Å²) in [5, 5.41) is 9.11. The molecule has 1 N–H and O–H groups in total. The molecule has 19 heavy (non-hydrogen) atoms. The predicted molar refractivity (Wildman–Crippen MR) is 58.8 cm³/mol. The number of rotatable bonds is 4. The van der Waals surface area contributed by atoms with Crippen molar-refractivity contribution in [2.75, 3.05) is 13.2 Å². The van der Waals surface area contributed by atoms with Gasteiger partial charge in [0.15, 0.2) is 12.0 Å². The van der Waals surface area contributed by atoms with Crippen molar-refractivity contribution >= 4 is 12.3 Å². The summed E-state index contributed by atoms with van der Waals surface area (Å²) in [6.07, 6.45) is -1.95. The van der Waals surface area contributed by atoms with Crippen molar-refractivity contribution in [1.82, 2.24) is 0 Å². The van der Waals surface area contributed by atoms with Gasteiger partial charge in [0, 0.05) is 19.1 Å². The number of furan rings is 1. The Balaban J connectivity index is 2.52. The van der Waals surface area contributed by atoms with Gasteiger partial charge in [-0.05, 0) is 12.8 Å². The fourth-order valence-corrected chi connectivity index (χ4v) is 2.23. The number of ether oxygens (including phenoxy) is 1. The lowest BCUT2D eigenvalue weighted by Crippen LogP contribution is -2.16. The van der Waals surface area contributed by atoms with E-state index in [2.05, 4.69) is 0 Å². The van der Waals surface area contributed by atoms with E-state index in [9.17, 15) is 18.4 Å². The van der Waals surface area contributed by atoms with Gasteiger partial charge in [0.2, 0.25) is 0 Å². The van der Waals surface area contributed by atoms with Gasteiger partial charge < -0.3 is 14.3 Å². The third-order valence-electron chi connectivity index (χ3n) is 3.12. The summed E-state index contributed by atoms with van der Waals surface area (Å²) in [5.74, 6) is -2.66. The minimum absolute atomic E-state index is 0.0480. The van der Waals surface area contributed by atoms with E-state index in [-0.39, 0.29) is 18.0 Å². The van der Waals surface area contributed by atoms with Crippen molar-refractivity contribution in [1.29, 1.82) is 0 Å². The number of hydrogen-bond donors (Lipinski definition) is 1. The van der Waals surface area contributed by atoms with Crippen LogP contribution in [0, 0.1) is 0 Å². The monoisotopic (exact) mass is 274 g/mol. The first-order chi connectivity index (χ1) is 9.06. The van der Waals surface area contributed by atoms with Crippen LogP contribution in [0.1, 0.15) is 57.4 Å². The van der Waals surface area contributed by atoms with Gasteiger partial charge >= 0.3 is 5.97 Å². The van der Waals surface area contributed by atoms with Gasteiger partial charge in [0.05, 0.1) is 5.56 Å². The van der Waals surface area contributed by atoms with E-state index in [1.165, 1.54) is 0 Å². The van der Waals surface area contributed by atoms with Crippen LogP contribution in [-0.4, -0.2) is 30.6 Å². The zero-order chi connectivity index (χ0) is 14.0. The molecule has 0 radical (unpaired) electrons. The smallest absolute Gasteiger partial charge is 0.340 e. The van der Waals surface area contributed by atoms with Crippen LogP contribution in [-0.2, 0) is 4.74 Å². The summed E-state index contributed by atoms with van der Waals surface area (Å²) in [7, 11) is 0. The van der Waals surface area contributed by atoms with Crippen molar-refractivity contribution in [3.8, 4) is 0 Å². The lowest BCUT2D eigenvalue weighted by molar-refractivity contribution is 0.0668. The molecule has 1 aliphatic heterocycles. The summed E-state index contributed by atoms with van der Waals surface area (Å²) in [6, 6.07) is 0. The molecule has 1 saturated heterocycles. The highest BCUT2D eigenvalue weighted by Gasteiger charge is 2.33. The maximum Gasteiger partial charge on any atom is 0.340 e. The largest absolute Gasteiger partial charge is 0.478 e. The SMILES string of the molecule is O=Cc1c(C(F)F)oc(C2CCOCC2)c1C(=O)O. The Morgan fingerprint density at radius 1 is 1.37 bits per heavy atom. The molecule has 1 aromatic heterocycles. The number of aromatic carboxylic acids is 1. The molecule has 7 heteroatoms. The summed E-state index contributed by atoms with van der Waals surface area (Å²) < 4.78 is 35.6. The highest BCUT2D eigenvalue weighted by molar-refractivity contribution is 5.99. The topological polar surface area (TPSA) is 76.7 Å². The molecule has 0 spiro atoms. The molecular formula is C12H12F2O5. The van der Waals surface area contributed by atoms with E-state index in [0.717, 1.165) is 0 Å². The zero-order valence-corrected chi connectivity index (χ0v) is 9.90. The summed E-state index contributed by atoms with van der Waals surface area (Å²) >= 11 is 0. The van der Waals surface area contributed by atoms with E-state index >= 15 is 0 Å². The molecule has 2 rings (SSSR count). The molecule has 0 bridgehead atoms. The van der Waals surface area contributed by atoms with Gasteiger partial charge in [0.25, 0.3) is 6.43 Å². The molecule has 0 aliphatic carbocycles. The van der Waals surface area contributed by atoms with Crippen molar-refractivity contribution in [2.24, 2.45) is 0 Å². The van der Waals surface area contributed by atoms with Crippen LogP contribution in [0.25, 0.3) is 0 Å². The number of carboxylic acids is 1. The van der Waals surface area contributed by atoms with Crippen LogP contribution in [0.2, 0.25) is 0 Å². The van der Waals surface area contributed by atoms with E-state index in [1.54, 1.807) is 0 Å². The number of alkyl halides is 2. The number of hydrogen-bond acceptors (Lipinski definition) is 4. The minimum Gasteiger partial charge on any atom is -0.478 e. The molecule has 2 heterocycles. The Bertz CT molecular complexity index is 489. The van der Waals surface area contributed by atoms with Crippen LogP contribution >= 0.6 is 0 Å². The first-order valence-corrected chi connectivity index (χ1v) is 5.77. The van der Waals surface area contributed by atoms with E-state index < -0.39 is 29.3 Å². The van der Waals surface area contributed by atoms with Gasteiger partial charge in [-0.25, -0.2) is 13.6 Å². The normalized spacial score (nSPS) is 16.8. The van der Waals surface area contributed by atoms with Crippen molar-refractivity contribution in [2.45, 2.75) is 25.2 Å². The second-order valence-electron chi connectivity index (χ2n) is 4.23. The van der Waals surface area contributed by atoms with Gasteiger partial charge in [0.1, 0.15) is 11.3 Å². The molecule has 1 fully saturated rings. The fraction of sp³-hybridized carbons (Fsp3) is 0.500. The first kappa shape index (κ1) is 13.7. The average Bonchev–Trinajstić information content (AvgIpc) is 2.79. The van der Waals surface area contributed by atoms with E-state index in [0.29, 0.717) is 26.1 Å². The van der Waals surface area contributed by atoms with Crippen LogP contribution in [0.5, 0.6) is 0 Å². The number of carbonyl (C=O) groups excluding carboxylic acids is 1. The molecule has 0 atom stereocenters. The molecule has 1 aromatic rings. The highest BCUT2D eigenvalue weighted by Crippen LogP contribution is 2.37. The molecule has 1 aliphatic rings. The van der Waals surface area contributed by atoms with Crippen LogP contribution in [0.15, 0.2) is 4.42 Å². The summed E-state index contributed by atoms with van der Waals surface area (Å²) in [6.45, 7) is 0.815. The highest BCUT2D eigenvalue weighted by atomic mass is 19.3. The Hall–Kier alpha value is -1.76.